The molecule has 0 unspecified atom stereocenters. The van der Waals surface area contributed by atoms with Gasteiger partial charge in [0.15, 0.2) is 0 Å². The molecule has 182 valence electrons. The molecule has 0 aliphatic rings. The predicted octanol–water partition coefficient (Wildman–Crippen LogP) is 10.9. The van der Waals surface area contributed by atoms with E-state index in [0.717, 1.165) is 43.8 Å². The van der Waals surface area contributed by atoms with Gasteiger partial charge in [-0.25, -0.2) is 0 Å². The third kappa shape index (κ3) is 3.41. The van der Waals surface area contributed by atoms with Gasteiger partial charge in [0.05, 0.1) is 8.22 Å². The molecule has 7 aromatic carbocycles. The van der Waals surface area contributed by atoms with E-state index < -0.39 is 12.1 Å². The lowest BCUT2D eigenvalue weighted by atomic mass is 9.83. The van der Waals surface area contributed by atoms with Crippen molar-refractivity contribution in [3.05, 3.63) is 145 Å². The van der Waals surface area contributed by atoms with Crippen LogP contribution in [0.25, 0.3) is 76.9 Å². The van der Waals surface area contributed by atoms with Crippen molar-refractivity contribution in [1.82, 2.24) is 0 Å². The fourth-order valence-electron chi connectivity index (χ4n) is 5.71. The average molecular weight is 503 g/mol. The summed E-state index contributed by atoms with van der Waals surface area (Å²) < 4.78 is 59.4. The highest BCUT2D eigenvalue weighted by atomic mass is 16.3. The Labute approximate surface area is 235 Å². The first kappa shape index (κ1) is 16.7. The van der Waals surface area contributed by atoms with E-state index in [0.29, 0.717) is 11.1 Å². The van der Waals surface area contributed by atoms with Gasteiger partial charge in [-0.2, -0.15) is 0 Å². The van der Waals surface area contributed by atoms with Crippen molar-refractivity contribution in [2.45, 2.75) is 0 Å². The second-order valence-electron chi connectivity index (χ2n) is 9.58. The molecule has 0 fully saturated rings. The molecule has 0 saturated heterocycles. The Balaban J connectivity index is 1.65. The Morgan fingerprint density at radius 2 is 0.949 bits per heavy atom. The molecule has 0 aliphatic carbocycles. The van der Waals surface area contributed by atoms with Crippen LogP contribution in [0.4, 0.5) is 0 Å². The molecular weight excluding hydrogens is 472 g/mol. The first-order chi connectivity index (χ1) is 21.9. The van der Waals surface area contributed by atoms with Crippen LogP contribution >= 0.6 is 0 Å². The van der Waals surface area contributed by atoms with Gasteiger partial charge in [0.2, 0.25) is 0 Å². The first-order valence-electron chi connectivity index (χ1n) is 15.9. The van der Waals surface area contributed by atoms with E-state index in [1.165, 1.54) is 0 Å². The minimum Gasteiger partial charge on any atom is -0.456 e. The standard InChI is InChI=1S/C38H24O/c1-3-13-25(14-4-1)32-24-36-33(27-17-11-12-22-35(27)39-36)23-34(32)38-30-20-9-7-18-28(30)37(26-15-5-2-6-16-26)29-19-8-10-21-31(29)38/h1-24H/i11D,12D,17D,22D,23D,24D. The number of para-hydroxylation sites is 1. The Morgan fingerprint density at radius 3 is 1.59 bits per heavy atom. The lowest BCUT2D eigenvalue weighted by Crippen LogP contribution is -1.93. The quantitative estimate of drug-likeness (QED) is 0.219. The zero-order valence-corrected chi connectivity index (χ0v) is 20.8. The van der Waals surface area contributed by atoms with Gasteiger partial charge in [-0.15, -0.1) is 0 Å². The van der Waals surface area contributed by atoms with E-state index >= 15 is 0 Å². The number of furan rings is 1. The monoisotopic (exact) mass is 502 g/mol. The third-order valence-corrected chi connectivity index (χ3v) is 7.38. The summed E-state index contributed by atoms with van der Waals surface area (Å²) in [5.74, 6) is 0. The second kappa shape index (κ2) is 8.72. The summed E-state index contributed by atoms with van der Waals surface area (Å²) in [6, 6.07) is 34.6. The normalized spacial score (nSPS) is 13.7. The number of fused-ring (bicyclic) bond motifs is 5. The van der Waals surface area contributed by atoms with Crippen LogP contribution in [0.1, 0.15) is 8.22 Å². The molecule has 0 bridgehead atoms. The maximum atomic E-state index is 9.83. The minimum absolute atomic E-state index is 0.0237. The molecule has 8 rings (SSSR count). The SMILES string of the molecule is [2H]c1c([2H])c([2H])c2c(oc3c([2H])c(-c4ccccc4)c(-c4c5ccccc5c(-c5ccccc5)c5ccccc45)c([2H])c32)c1[2H]. The fraction of sp³-hybridized carbons (Fsp3) is 0. The van der Waals surface area contributed by atoms with Gasteiger partial charge in [-0.3, -0.25) is 0 Å². The minimum atomic E-state index is -0.415. The summed E-state index contributed by atoms with van der Waals surface area (Å²) in [7, 11) is 0. The topological polar surface area (TPSA) is 13.1 Å². The maximum absolute atomic E-state index is 9.83. The Kier molecular flexibility index (Phi) is 3.72. The van der Waals surface area contributed by atoms with E-state index in [2.05, 4.69) is 24.3 Å². The smallest absolute Gasteiger partial charge is 0.136 e. The zero-order chi connectivity index (χ0) is 31.0. The third-order valence-electron chi connectivity index (χ3n) is 7.38. The molecule has 1 heteroatoms. The van der Waals surface area contributed by atoms with Crippen LogP contribution in [-0.4, -0.2) is 0 Å². The number of benzene rings is 7. The van der Waals surface area contributed by atoms with Gasteiger partial charge in [0.25, 0.3) is 0 Å². The second-order valence-corrected chi connectivity index (χ2v) is 9.58. The van der Waals surface area contributed by atoms with Gasteiger partial charge >= 0.3 is 0 Å². The molecule has 39 heavy (non-hydrogen) atoms. The highest BCUT2D eigenvalue weighted by molar-refractivity contribution is 6.23. The summed E-state index contributed by atoms with van der Waals surface area (Å²) in [4.78, 5) is 0. The molecule has 0 aliphatic heterocycles. The van der Waals surface area contributed by atoms with Crippen molar-refractivity contribution in [2.24, 2.45) is 0 Å². The molecule has 0 spiro atoms. The van der Waals surface area contributed by atoms with Crippen LogP contribution in [0, 0.1) is 0 Å². The Bertz CT molecular complexity index is 2430. The summed E-state index contributed by atoms with van der Waals surface area (Å²) >= 11 is 0. The van der Waals surface area contributed by atoms with Gasteiger partial charge in [0, 0.05) is 10.8 Å². The number of hydrogen-bond acceptors (Lipinski definition) is 1. The van der Waals surface area contributed by atoms with Crippen LogP contribution in [0.2, 0.25) is 0 Å². The zero-order valence-electron chi connectivity index (χ0n) is 26.8. The lowest BCUT2D eigenvalue weighted by molar-refractivity contribution is 0.669. The van der Waals surface area contributed by atoms with Crippen molar-refractivity contribution >= 4 is 43.5 Å². The summed E-state index contributed by atoms with van der Waals surface area (Å²) in [5, 5.41) is 4.15. The van der Waals surface area contributed by atoms with E-state index in [1.54, 1.807) is 0 Å². The largest absolute Gasteiger partial charge is 0.456 e. The van der Waals surface area contributed by atoms with Gasteiger partial charge < -0.3 is 4.42 Å². The molecule has 0 radical (unpaired) electrons. The highest BCUT2D eigenvalue weighted by Gasteiger charge is 2.20. The van der Waals surface area contributed by atoms with Crippen LogP contribution < -0.4 is 0 Å². The molecule has 0 atom stereocenters. The maximum Gasteiger partial charge on any atom is 0.136 e. The van der Waals surface area contributed by atoms with E-state index in [-0.39, 0.29) is 46.1 Å². The summed E-state index contributed by atoms with van der Waals surface area (Å²) in [6.07, 6.45) is 0. The van der Waals surface area contributed by atoms with Gasteiger partial charge in [-0.1, -0.05) is 127 Å². The van der Waals surface area contributed by atoms with Crippen molar-refractivity contribution in [3.8, 4) is 33.4 Å². The van der Waals surface area contributed by atoms with E-state index in [4.69, 9.17) is 9.90 Å². The number of hydrogen-bond donors (Lipinski definition) is 0. The molecule has 1 aromatic heterocycles. The van der Waals surface area contributed by atoms with Crippen LogP contribution in [0.15, 0.2) is 150 Å². The average Bonchev–Trinajstić information content (AvgIpc) is 3.49. The molecular formula is C38H24O. The Hall–Kier alpha value is -5.14. The van der Waals surface area contributed by atoms with E-state index in [1.807, 2.05) is 84.9 Å². The molecule has 8 aromatic rings. The summed E-state index contributed by atoms with van der Waals surface area (Å²) in [5.41, 5.74) is 4.70. The lowest BCUT2D eigenvalue weighted by Gasteiger charge is -2.20. The van der Waals surface area contributed by atoms with Gasteiger partial charge in [-0.05, 0) is 73.1 Å². The molecule has 0 saturated carbocycles. The van der Waals surface area contributed by atoms with Crippen molar-refractivity contribution in [1.29, 1.82) is 0 Å². The first-order valence-corrected chi connectivity index (χ1v) is 12.9. The van der Waals surface area contributed by atoms with Crippen molar-refractivity contribution in [2.75, 3.05) is 0 Å². The van der Waals surface area contributed by atoms with Crippen LogP contribution in [-0.2, 0) is 0 Å². The molecule has 1 nitrogen and oxygen atoms in total. The molecule has 1 heterocycles. The predicted molar refractivity (Wildman–Crippen MR) is 165 cm³/mol. The summed E-state index contributed by atoms with van der Waals surface area (Å²) in [6.45, 7) is 0. The highest BCUT2D eigenvalue weighted by Crippen LogP contribution is 2.47. The number of rotatable bonds is 3. The molecule has 0 N–H and O–H groups in total. The Morgan fingerprint density at radius 1 is 0.410 bits per heavy atom. The van der Waals surface area contributed by atoms with Crippen molar-refractivity contribution < 1.29 is 12.6 Å². The van der Waals surface area contributed by atoms with Gasteiger partial charge in [0.1, 0.15) is 11.2 Å². The molecule has 0 amide bonds. The van der Waals surface area contributed by atoms with E-state index in [9.17, 15) is 2.74 Å². The fourth-order valence-corrected chi connectivity index (χ4v) is 5.71. The van der Waals surface area contributed by atoms with Crippen LogP contribution in [0.3, 0.4) is 0 Å². The van der Waals surface area contributed by atoms with Crippen molar-refractivity contribution in [3.63, 3.8) is 0 Å². The van der Waals surface area contributed by atoms with Crippen LogP contribution in [0.5, 0.6) is 0 Å².